The molecule has 0 bridgehead atoms. The third-order valence-corrected chi connectivity index (χ3v) is 3.62. The van der Waals surface area contributed by atoms with Gasteiger partial charge in [-0.05, 0) is 38.0 Å². The Morgan fingerprint density at radius 2 is 2.18 bits per heavy atom. The first-order chi connectivity index (χ1) is 10.6. The SMILES string of the molecule is CC(C(=O)Nc1ncccc1O)n1nc(C2CC2)ccc1=O. The number of carbonyl (C=O) groups is 1. The maximum absolute atomic E-state index is 12.3. The number of nitrogens with one attached hydrogen (secondary N) is 1. The van der Waals surface area contributed by atoms with Crippen LogP contribution in [-0.4, -0.2) is 25.8 Å². The van der Waals surface area contributed by atoms with E-state index in [2.05, 4.69) is 15.4 Å². The summed E-state index contributed by atoms with van der Waals surface area (Å²) in [5.41, 5.74) is 0.497. The molecule has 2 heterocycles. The number of hydrogen-bond donors (Lipinski definition) is 2. The largest absolute Gasteiger partial charge is 0.504 e. The van der Waals surface area contributed by atoms with Gasteiger partial charge in [-0.3, -0.25) is 9.59 Å². The first-order valence-electron chi connectivity index (χ1n) is 7.11. The molecule has 1 amide bonds. The number of carbonyl (C=O) groups excluding carboxylic acids is 1. The van der Waals surface area contributed by atoms with Crippen LogP contribution in [0.1, 0.15) is 37.4 Å². The Bertz CT molecular complexity index is 767. The van der Waals surface area contributed by atoms with Crippen molar-refractivity contribution in [2.45, 2.75) is 31.7 Å². The van der Waals surface area contributed by atoms with Crippen molar-refractivity contribution >= 4 is 11.7 Å². The Hall–Kier alpha value is -2.70. The molecule has 114 valence electrons. The van der Waals surface area contributed by atoms with E-state index in [9.17, 15) is 14.7 Å². The van der Waals surface area contributed by atoms with E-state index in [-0.39, 0.29) is 17.1 Å². The predicted molar refractivity (Wildman–Crippen MR) is 79.7 cm³/mol. The van der Waals surface area contributed by atoms with E-state index in [1.807, 2.05) is 0 Å². The number of anilines is 1. The summed E-state index contributed by atoms with van der Waals surface area (Å²) in [4.78, 5) is 28.1. The molecule has 1 unspecified atom stereocenters. The molecule has 2 N–H and O–H groups in total. The summed E-state index contributed by atoms with van der Waals surface area (Å²) >= 11 is 0. The maximum atomic E-state index is 12.3. The highest BCUT2D eigenvalue weighted by Crippen LogP contribution is 2.38. The second-order valence-corrected chi connectivity index (χ2v) is 5.35. The number of rotatable bonds is 4. The van der Waals surface area contributed by atoms with Gasteiger partial charge < -0.3 is 10.4 Å². The van der Waals surface area contributed by atoms with Crippen molar-refractivity contribution in [2.24, 2.45) is 0 Å². The van der Waals surface area contributed by atoms with E-state index >= 15 is 0 Å². The third-order valence-electron chi connectivity index (χ3n) is 3.62. The number of aromatic nitrogens is 3. The molecule has 1 atom stereocenters. The Morgan fingerprint density at radius 3 is 2.86 bits per heavy atom. The summed E-state index contributed by atoms with van der Waals surface area (Å²) < 4.78 is 1.17. The maximum Gasteiger partial charge on any atom is 0.267 e. The minimum absolute atomic E-state index is 0.0609. The van der Waals surface area contributed by atoms with E-state index in [0.717, 1.165) is 18.5 Å². The van der Waals surface area contributed by atoms with Crippen LogP contribution < -0.4 is 10.9 Å². The zero-order valence-electron chi connectivity index (χ0n) is 12.1. The Morgan fingerprint density at radius 1 is 1.41 bits per heavy atom. The second-order valence-electron chi connectivity index (χ2n) is 5.35. The van der Waals surface area contributed by atoms with Gasteiger partial charge in [0.15, 0.2) is 11.6 Å². The van der Waals surface area contributed by atoms with E-state index in [1.54, 1.807) is 19.1 Å². The fourth-order valence-corrected chi connectivity index (χ4v) is 2.14. The van der Waals surface area contributed by atoms with Crippen molar-refractivity contribution < 1.29 is 9.90 Å². The summed E-state index contributed by atoms with van der Waals surface area (Å²) in [5, 5.41) is 16.4. The normalized spacial score (nSPS) is 15.3. The van der Waals surface area contributed by atoms with Gasteiger partial charge in [0.25, 0.3) is 5.56 Å². The molecular formula is C15H16N4O3. The highest BCUT2D eigenvalue weighted by Gasteiger charge is 2.27. The lowest BCUT2D eigenvalue weighted by molar-refractivity contribution is -0.119. The lowest BCUT2D eigenvalue weighted by Gasteiger charge is -2.14. The van der Waals surface area contributed by atoms with Crippen LogP contribution in [0.25, 0.3) is 0 Å². The van der Waals surface area contributed by atoms with Crippen molar-refractivity contribution in [1.82, 2.24) is 14.8 Å². The van der Waals surface area contributed by atoms with Gasteiger partial charge in [0.2, 0.25) is 5.91 Å². The first-order valence-corrected chi connectivity index (χ1v) is 7.11. The molecule has 0 aromatic carbocycles. The summed E-state index contributed by atoms with van der Waals surface area (Å²) in [6, 6.07) is 5.33. The summed E-state index contributed by atoms with van der Waals surface area (Å²) in [6.45, 7) is 1.58. The number of amides is 1. The standard InChI is InChI=1S/C15H16N4O3/c1-9(15(22)17-14-12(20)3-2-8-16-14)19-13(21)7-6-11(18-19)10-4-5-10/h2-3,6-10,20H,4-5H2,1H3,(H,16,17,22). The molecule has 0 aliphatic heterocycles. The van der Waals surface area contributed by atoms with Gasteiger partial charge in [-0.15, -0.1) is 0 Å². The summed E-state index contributed by atoms with van der Waals surface area (Å²) in [6.07, 6.45) is 3.58. The second kappa shape index (κ2) is 5.59. The highest BCUT2D eigenvalue weighted by molar-refractivity contribution is 5.93. The molecule has 1 aliphatic carbocycles. The molecule has 2 aromatic rings. The van der Waals surface area contributed by atoms with E-state index in [0.29, 0.717) is 5.92 Å². The minimum atomic E-state index is -0.799. The molecule has 22 heavy (non-hydrogen) atoms. The topological polar surface area (TPSA) is 97.1 Å². The van der Waals surface area contributed by atoms with E-state index in [4.69, 9.17) is 0 Å². The van der Waals surface area contributed by atoms with E-state index in [1.165, 1.54) is 23.0 Å². The smallest absolute Gasteiger partial charge is 0.267 e. The van der Waals surface area contributed by atoms with Gasteiger partial charge in [0.1, 0.15) is 6.04 Å². The summed E-state index contributed by atoms with van der Waals surface area (Å²) in [5.74, 6) is -0.140. The lowest BCUT2D eigenvalue weighted by atomic mass is 10.2. The van der Waals surface area contributed by atoms with Crippen molar-refractivity contribution in [3.05, 3.63) is 46.5 Å². The lowest BCUT2D eigenvalue weighted by Crippen LogP contribution is -2.33. The zero-order chi connectivity index (χ0) is 15.7. The van der Waals surface area contributed by atoms with Crippen LogP contribution >= 0.6 is 0 Å². The van der Waals surface area contributed by atoms with Gasteiger partial charge in [0, 0.05) is 18.2 Å². The molecule has 1 saturated carbocycles. The third kappa shape index (κ3) is 2.83. The predicted octanol–water partition coefficient (Wildman–Crippen LogP) is 1.42. The van der Waals surface area contributed by atoms with E-state index < -0.39 is 11.9 Å². The quantitative estimate of drug-likeness (QED) is 0.890. The van der Waals surface area contributed by atoms with Gasteiger partial charge >= 0.3 is 0 Å². The van der Waals surface area contributed by atoms with Crippen LogP contribution in [0.15, 0.2) is 35.3 Å². The Balaban J connectivity index is 1.82. The molecule has 0 saturated heterocycles. The average Bonchev–Trinajstić information content (AvgIpc) is 3.34. The van der Waals surface area contributed by atoms with Crippen LogP contribution in [0.3, 0.4) is 0 Å². The number of nitrogens with zero attached hydrogens (tertiary/aromatic N) is 3. The molecule has 1 fully saturated rings. The fraction of sp³-hybridized carbons (Fsp3) is 0.333. The molecule has 2 aromatic heterocycles. The van der Waals surface area contributed by atoms with Crippen molar-refractivity contribution in [3.63, 3.8) is 0 Å². The zero-order valence-corrected chi connectivity index (χ0v) is 12.1. The van der Waals surface area contributed by atoms with Crippen LogP contribution in [0.4, 0.5) is 5.82 Å². The van der Waals surface area contributed by atoms with Crippen molar-refractivity contribution in [2.75, 3.05) is 5.32 Å². The van der Waals surface area contributed by atoms with Gasteiger partial charge in [-0.25, -0.2) is 9.67 Å². The van der Waals surface area contributed by atoms with Crippen molar-refractivity contribution in [1.29, 1.82) is 0 Å². The van der Waals surface area contributed by atoms with Gasteiger partial charge in [0.05, 0.1) is 5.69 Å². The minimum Gasteiger partial charge on any atom is -0.504 e. The Kier molecular flexibility index (Phi) is 3.62. The molecule has 3 rings (SSSR count). The Labute approximate surface area is 126 Å². The molecule has 0 radical (unpaired) electrons. The molecule has 0 spiro atoms. The summed E-state index contributed by atoms with van der Waals surface area (Å²) in [7, 11) is 0. The van der Waals surface area contributed by atoms with Crippen LogP contribution in [0.5, 0.6) is 5.75 Å². The molecular weight excluding hydrogens is 284 g/mol. The number of aromatic hydroxyl groups is 1. The number of hydrogen-bond acceptors (Lipinski definition) is 5. The molecule has 7 heteroatoms. The average molecular weight is 300 g/mol. The monoisotopic (exact) mass is 300 g/mol. The van der Waals surface area contributed by atoms with Crippen LogP contribution in [-0.2, 0) is 4.79 Å². The fourth-order valence-electron chi connectivity index (χ4n) is 2.14. The number of pyridine rings is 1. The first kappa shape index (κ1) is 14.2. The molecule has 1 aliphatic rings. The van der Waals surface area contributed by atoms with Crippen molar-refractivity contribution in [3.8, 4) is 5.75 Å². The molecule has 7 nitrogen and oxygen atoms in total. The van der Waals surface area contributed by atoms with Crippen LogP contribution in [0, 0.1) is 0 Å². The van der Waals surface area contributed by atoms with Crippen LogP contribution in [0.2, 0.25) is 0 Å². The van der Waals surface area contributed by atoms with Gasteiger partial charge in [-0.1, -0.05) is 0 Å². The van der Waals surface area contributed by atoms with Gasteiger partial charge in [-0.2, -0.15) is 5.10 Å². The highest BCUT2D eigenvalue weighted by atomic mass is 16.3.